The number of benzene rings is 1. The lowest BCUT2D eigenvalue weighted by Gasteiger charge is -2.21. The Morgan fingerprint density at radius 1 is 1.27 bits per heavy atom. The number of hydrogen-bond donors (Lipinski definition) is 1. The standard InChI is InChI=1S/C20H30ClN5O3S/c1-6-25(7-2)10-11-26-14-16(13-22-26)23-20(27)18-12-17(8-9-19(18)21)30(28,29)24(5)15(3)4/h8-9,12-15H,6-7,10-11H2,1-5H3,(H,23,27). The molecule has 0 unspecified atom stereocenters. The maximum absolute atomic E-state index is 12.7. The average Bonchev–Trinajstić information content (AvgIpc) is 3.15. The third-order valence-electron chi connectivity index (χ3n) is 5.02. The fourth-order valence-corrected chi connectivity index (χ4v) is 4.41. The first-order chi connectivity index (χ1) is 14.1. The molecule has 0 radical (unpaired) electrons. The van der Waals surface area contributed by atoms with Crippen molar-refractivity contribution in [2.45, 2.75) is 45.2 Å². The second-order valence-corrected chi connectivity index (χ2v) is 9.63. The molecule has 166 valence electrons. The minimum absolute atomic E-state index is 0.0168. The fourth-order valence-electron chi connectivity index (χ4n) is 2.82. The van der Waals surface area contributed by atoms with Gasteiger partial charge in [-0.15, -0.1) is 0 Å². The van der Waals surface area contributed by atoms with E-state index in [0.717, 1.165) is 19.6 Å². The zero-order valence-electron chi connectivity index (χ0n) is 18.1. The Bertz CT molecular complexity index is 971. The van der Waals surface area contributed by atoms with Crippen molar-refractivity contribution in [1.82, 2.24) is 19.0 Å². The second kappa shape index (κ2) is 10.4. The van der Waals surface area contributed by atoms with Crippen LogP contribution in [-0.4, -0.2) is 66.0 Å². The Labute approximate surface area is 183 Å². The van der Waals surface area contributed by atoms with Gasteiger partial charge in [0, 0.05) is 25.8 Å². The molecule has 0 aliphatic heterocycles. The van der Waals surface area contributed by atoms with Gasteiger partial charge < -0.3 is 10.2 Å². The molecule has 10 heteroatoms. The second-order valence-electron chi connectivity index (χ2n) is 7.23. The summed E-state index contributed by atoms with van der Waals surface area (Å²) in [6, 6.07) is 3.91. The normalized spacial score (nSPS) is 12.2. The number of nitrogens with zero attached hydrogens (tertiary/aromatic N) is 4. The van der Waals surface area contributed by atoms with Crippen LogP contribution in [0, 0.1) is 0 Å². The number of amides is 1. The number of carbonyl (C=O) groups excluding carboxylic acids is 1. The number of rotatable bonds is 10. The molecule has 1 aromatic heterocycles. The van der Waals surface area contributed by atoms with Crippen molar-refractivity contribution in [3.8, 4) is 0 Å². The predicted octanol–water partition coefficient (Wildman–Crippen LogP) is 3.16. The highest BCUT2D eigenvalue weighted by molar-refractivity contribution is 7.89. The van der Waals surface area contributed by atoms with Crippen LogP contribution < -0.4 is 5.32 Å². The third-order valence-corrected chi connectivity index (χ3v) is 7.38. The Kier molecular flexibility index (Phi) is 8.42. The quantitative estimate of drug-likeness (QED) is 0.594. The Morgan fingerprint density at radius 3 is 2.53 bits per heavy atom. The fraction of sp³-hybridized carbons (Fsp3) is 0.500. The van der Waals surface area contributed by atoms with Gasteiger partial charge in [-0.1, -0.05) is 25.4 Å². The number of anilines is 1. The monoisotopic (exact) mass is 455 g/mol. The van der Waals surface area contributed by atoms with Crippen molar-refractivity contribution in [1.29, 1.82) is 0 Å². The SMILES string of the molecule is CCN(CC)CCn1cc(NC(=O)c2cc(S(=O)(=O)N(C)C(C)C)ccc2Cl)cn1. The van der Waals surface area contributed by atoms with Crippen LogP contribution in [-0.2, 0) is 16.6 Å². The molecule has 0 atom stereocenters. The van der Waals surface area contributed by atoms with Crippen molar-refractivity contribution in [2.75, 3.05) is 32.0 Å². The highest BCUT2D eigenvalue weighted by atomic mass is 35.5. The van der Waals surface area contributed by atoms with E-state index < -0.39 is 15.9 Å². The van der Waals surface area contributed by atoms with Crippen molar-refractivity contribution in [2.24, 2.45) is 0 Å². The molecule has 2 rings (SSSR count). The molecule has 0 spiro atoms. The summed E-state index contributed by atoms with van der Waals surface area (Å²) in [7, 11) is -2.23. The van der Waals surface area contributed by atoms with E-state index in [9.17, 15) is 13.2 Å². The van der Waals surface area contributed by atoms with Gasteiger partial charge in [0.15, 0.2) is 0 Å². The number of carbonyl (C=O) groups is 1. The molecule has 1 amide bonds. The zero-order valence-corrected chi connectivity index (χ0v) is 19.7. The summed E-state index contributed by atoms with van der Waals surface area (Å²) in [4.78, 5) is 15.0. The number of halogens is 1. The number of nitrogens with one attached hydrogen (secondary N) is 1. The first kappa shape index (κ1) is 24.3. The summed E-state index contributed by atoms with van der Waals surface area (Å²) in [5.41, 5.74) is 0.606. The molecule has 0 saturated heterocycles. The van der Waals surface area contributed by atoms with E-state index in [1.165, 1.54) is 29.6 Å². The summed E-state index contributed by atoms with van der Waals surface area (Å²) < 4.78 is 28.5. The molecule has 8 nitrogen and oxygen atoms in total. The topological polar surface area (TPSA) is 87.5 Å². The number of sulfonamides is 1. The molecule has 1 heterocycles. The summed E-state index contributed by atoms with van der Waals surface area (Å²) >= 11 is 6.18. The van der Waals surface area contributed by atoms with Crippen LogP contribution in [0.4, 0.5) is 5.69 Å². The van der Waals surface area contributed by atoms with E-state index in [4.69, 9.17) is 11.6 Å². The molecule has 0 aliphatic rings. The van der Waals surface area contributed by atoms with Crippen LogP contribution in [0.25, 0.3) is 0 Å². The van der Waals surface area contributed by atoms with Crippen LogP contribution >= 0.6 is 11.6 Å². The average molecular weight is 456 g/mol. The predicted molar refractivity (Wildman–Crippen MR) is 120 cm³/mol. The molecule has 0 fully saturated rings. The number of likely N-dealkylation sites (N-methyl/N-ethyl adjacent to an activating group) is 1. The maximum Gasteiger partial charge on any atom is 0.257 e. The molecule has 0 aliphatic carbocycles. The van der Waals surface area contributed by atoms with Crippen molar-refractivity contribution < 1.29 is 13.2 Å². The van der Waals surface area contributed by atoms with Gasteiger partial charge in [0.2, 0.25) is 10.0 Å². The van der Waals surface area contributed by atoms with E-state index in [2.05, 4.69) is 29.2 Å². The lowest BCUT2D eigenvalue weighted by Crippen LogP contribution is -2.33. The number of hydrogen-bond acceptors (Lipinski definition) is 5. The van der Waals surface area contributed by atoms with E-state index >= 15 is 0 Å². The molecule has 0 saturated carbocycles. The third kappa shape index (κ3) is 5.81. The summed E-state index contributed by atoms with van der Waals surface area (Å²) in [5, 5.41) is 7.18. The van der Waals surface area contributed by atoms with Crippen molar-refractivity contribution >= 4 is 33.2 Å². The maximum atomic E-state index is 12.7. The molecule has 30 heavy (non-hydrogen) atoms. The molecular formula is C20H30ClN5O3S. The van der Waals surface area contributed by atoms with Crippen LogP contribution in [0.1, 0.15) is 38.1 Å². The highest BCUT2D eigenvalue weighted by Gasteiger charge is 2.25. The van der Waals surface area contributed by atoms with Crippen LogP contribution in [0.2, 0.25) is 5.02 Å². The Hall–Kier alpha value is -1.94. The van der Waals surface area contributed by atoms with E-state index in [1.807, 2.05) is 0 Å². The lowest BCUT2D eigenvalue weighted by molar-refractivity contribution is 0.102. The summed E-state index contributed by atoms with van der Waals surface area (Å²) in [5.74, 6) is -0.493. The van der Waals surface area contributed by atoms with E-state index in [-0.39, 0.29) is 21.5 Å². The minimum Gasteiger partial charge on any atom is -0.319 e. The Balaban J connectivity index is 2.16. The molecule has 0 bridgehead atoms. The number of aromatic nitrogens is 2. The van der Waals surface area contributed by atoms with E-state index in [1.54, 1.807) is 30.9 Å². The minimum atomic E-state index is -3.73. The highest BCUT2D eigenvalue weighted by Crippen LogP contribution is 2.24. The van der Waals surface area contributed by atoms with Gasteiger partial charge in [-0.3, -0.25) is 9.48 Å². The first-order valence-electron chi connectivity index (χ1n) is 9.93. The van der Waals surface area contributed by atoms with Gasteiger partial charge in [0.05, 0.1) is 33.9 Å². The Morgan fingerprint density at radius 2 is 1.93 bits per heavy atom. The van der Waals surface area contributed by atoms with Crippen LogP contribution in [0.3, 0.4) is 0 Å². The van der Waals surface area contributed by atoms with Crippen molar-refractivity contribution in [3.63, 3.8) is 0 Å². The summed E-state index contributed by atoms with van der Waals surface area (Å²) in [6.07, 6.45) is 3.30. The lowest BCUT2D eigenvalue weighted by atomic mass is 10.2. The smallest absolute Gasteiger partial charge is 0.257 e. The van der Waals surface area contributed by atoms with Crippen LogP contribution in [0.15, 0.2) is 35.5 Å². The van der Waals surface area contributed by atoms with Crippen LogP contribution in [0.5, 0.6) is 0 Å². The molecule has 1 aromatic carbocycles. The summed E-state index contributed by atoms with van der Waals surface area (Å²) in [6.45, 7) is 11.3. The molecular weight excluding hydrogens is 426 g/mol. The molecule has 1 N–H and O–H groups in total. The van der Waals surface area contributed by atoms with Gasteiger partial charge in [-0.2, -0.15) is 9.40 Å². The zero-order chi connectivity index (χ0) is 22.5. The van der Waals surface area contributed by atoms with E-state index in [0.29, 0.717) is 12.2 Å². The van der Waals surface area contributed by atoms with Gasteiger partial charge in [-0.25, -0.2) is 8.42 Å². The van der Waals surface area contributed by atoms with Crippen molar-refractivity contribution in [3.05, 3.63) is 41.2 Å². The molecule has 2 aromatic rings. The van der Waals surface area contributed by atoms with Gasteiger partial charge in [-0.05, 0) is 45.1 Å². The van der Waals surface area contributed by atoms with Gasteiger partial charge in [0.25, 0.3) is 5.91 Å². The first-order valence-corrected chi connectivity index (χ1v) is 11.8. The van der Waals surface area contributed by atoms with Gasteiger partial charge >= 0.3 is 0 Å². The van der Waals surface area contributed by atoms with Gasteiger partial charge in [0.1, 0.15) is 0 Å². The largest absolute Gasteiger partial charge is 0.319 e.